The summed E-state index contributed by atoms with van der Waals surface area (Å²) in [5.74, 6) is 1.96. The van der Waals surface area contributed by atoms with Gasteiger partial charge in [-0.25, -0.2) is 4.98 Å². The third kappa shape index (κ3) is 4.68. The minimum absolute atomic E-state index is 0.772. The van der Waals surface area contributed by atoms with Crippen molar-refractivity contribution in [1.82, 2.24) is 19.4 Å². The second-order valence-corrected chi connectivity index (χ2v) is 7.11. The summed E-state index contributed by atoms with van der Waals surface area (Å²) < 4.78 is 2.28. The molecule has 0 aliphatic carbocycles. The molecule has 1 unspecified atom stereocenters. The van der Waals surface area contributed by atoms with Gasteiger partial charge in [-0.1, -0.05) is 37.3 Å². The quantitative estimate of drug-likeness (QED) is 0.744. The van der Waals surface area contributed by atoms with Crippen LogP contribution in [0.4, 0.5) is 0 Å². The van der Waals surface area contributed by atoms with Crippen LogP contribution in [0.5, 0.6) is 0 Å². The van der Waals surface area contributed by atoms with Crippen molar-refractivity contribution in [1.29, 1.82) is 0 Å². The molecule has 1 aromatic heterocycles. The largest absolute Gasteiger partial charge is 0.334 e. The molecule has 1 aliphatic rings. The zero-order valence-electron chi connectivity index (χ0n) is 15.1. The minimum Gasteiger partial charge on any atom is -0.334 e. The Morgan fingerprint density at radius 1 is 1.25 bits per heavy atom. The second kappa shape index (κ2) is 8.45. The van der Waals surface area contributed by atoms with Gasteiger partial charge in [0.05, 0.1) is 6.54 Å². The fourth-order valence-corrected chi connectivity index (χ4v) is 3.73. The highest BCUT2D eigenvalue weighted by atomic mass is 15.2. The van der Waals surface area contributed by atoms with Gasteiger partial charge in [-0.3, -0.25) is 9.80 Å². The maximum Gasteiger partial charge on any atom is 0.122 e. The number of hydrogen-bond donors (Lipinski definition) is 0. The van der Waals surface area contributed by atoms with Crippen LogP contribution in [0.2, 0.25) is 0 Å². The topological polar surface area (TPSA) is 24.3 Å². The Labute approximate surface area is 146 Å². The molecule has 1 fully saturated rings. The van der Waals surface area contributed by atoms with Crippen molar-refractivity contribution in [2.75, 3.05) is 26.7 Å². The first kappa shape index (κ1) is 17.2. The van der Waals surface area contributed by atoms with Gasteiger partial charge in [-0.05, 0) is 37.9 Å². The van der Waals surface area contributed by atoms with Crippen LogP contribution in [0.3, 0.4) is 0 Å². The van der Waals surface area contributed by atoms with Gasteiger partial charge in [-0.15, -0.1) is 0 Å². The number of nitrogens with zero attached hydrogens (tertiary/aromatic N) is 4. The molecular weight excluding hydrogens is 296 g/mol. The highest BCUT2D eigenvalue weighted by Crippen LogP contribution is 2.20. The van der Waals surface area contributed by atoms with E-state index in [1.807, 2.05) is 6.20 Å². The molecule has 4 nitrogen and oxygen atoms in total. The summed E-state index contributed by atoms with van der Waals surface area (Å²) in [6, 6.07) is 10.8. The highest BCUT2D eigenvalue weighted by molar-refractivity contribution is 5.14. The van der Waals surface area contributed by atoms with Gasteiger partial charge in [-0.2, -0.15) is 0 Å². The van der Waals surface area contributed by atoms with Crippen molar-refractivity contribution in [3.63, 3.8) is 0 Å². The Hall–Kier alpha value is -1.65. The maximum absolute atomic E-state index is 4.53. The zero-order chi connectivity index (χ0) is 16.8. The van der Waals surface area contributed by atoms with E-state index >= 15 is 0 Å². The normalized spacial score (nSPS) is 18.5. The molecule has 2 heterocycles. The van der Waals surface area contributed by atoms with Gasteiger partial charge in [0.15, 0.2) is 0 Å². The van der Waals surface area contributed by atoms with Crippen LogP contribution in [0.25, 0.3) is 0 Å². The van der Waals surface area contributed by atoms with Crippen LogP contribution in [0, 0.1) is 5.92 Å². The maximum atomic E-state index is 4.53. The van der Waals surface area contributed by atoms with E-state index < -0.39 is 0 Å². The molecular formula is C20H30N4. The molecule has 24 heavy (non-hydrogen) atoms. The van der Waals surface area contributed by atoms with E-state index in [-0.39, 0.29) is 0 Å². The molecule has 1 saturated heterocycles. The van der Waals surface area contributed by atoms with Crippen molar-refractivity contribution in [2.24, 2.45) is 5.92 Å². The molecule has 3 rings (SSSR count). The molecule has 0 N–H and O–H groups in total. The Morgan fingerprint density at radius 3 is 2.88 bits per heavy atom. The first-order valence-corrected chi connectivity index (χ1v) is 9.19. The third-order valence-corrected chi connectivity index (χ3v) is 4.87. The number of likely N-dealkylation sites (tertiary alicyclic amines) is 1. The number of rotatable bonds is 8. The fourth-order valence-electron chi connectivity index (χ4n) is 3.73. The smallest absolute Gasteiger partial charge is 0.122 e. The Kier molecular flexibility index (Phi) is 6.05. The Morgan fingerprint density at radius 2 is 2.08 bits per heavy atom. The summed E-state index contributed by atoms with van der Waals surface area (Å²) in [6.07, 6.45) is 6.49. The van der Waals surface area contributed by atoms with Crippen molar-refractivity contribution in [3.05, 3.63) is 54.1 Å². The van der Waals surface area contributed by atoms with Crippen LogP contribution >= 0.6 is 0 Å². The Balaban J connectivity index is 1.45. The number of benzene rings is 1. The van der Waals surface area contributed by atoms with E-state index in [0.29, 0.717) is 0 Å². The van der Waals surface area contributed by atoms with Crippen molar-refractivity contribution < 1.29 is 0 Å². The van der Waals surface area contributed by atoms with E-state index in [9.17, 15) is 0 Å². The van der Waals surface area contributed by atoms with Gasteiger partial charge in [0.25, 0.3) is 0 Å². The summed E-state index contributed by atoms with van der Waals surface area (Å²) >= 11 is 0. The molecule has 130 valence electrons. The summed E-state index contributed by atoms with van der Waals surface area (Å²) in [5.41, 5.74) is 1.42. The zero-order valence-corrected chi connectivity index (χ0v) is 15.1. The molecule has 1 aliphatic heterocycles. The SMILES string of the molecule is CCCn1ccnc1CN(C)CC1CCN(Cc2ccccc2)C1. The molecule has 4 heteroatoms. The number of aryl methyl sites for hydroxylation is 1. The van der Waals surface area contributed by atoms with Crippen LogP contribution in [0.1, 0.15) is 31.2 Å². The summed E-state index contributed by atoms with van der Waals surface area (Å²) in [4.78, 5) is 9.56. The first-order chi connectivity index (χ1) is 11.7. The molecule has 0 amide bonds. The lowest BCUT2D eigenvalue weighted by atomic mass is 10.1. The van der Waals surface area contributed by atoms with Gasteiger partial charge in [0, 0.05) is 38.6 Å². The van der Waals surface area contributed by atoms with Crippen LogP contribution in [0.15, 0.2) is 42.7 Å². The van der Waals surface area contributed by atoms with Gasteiger partial charge >= 0.3 is 0 Å². The van der Waals surface area contributed by atoms with Crippen molar-refractivity contribution >= 4 is 0 Å². The van der Waals surface area contributed by atoms with Crippen molar-refractivity contribution in [3.8, 4) is 0 Å². The molecule has 0 saturated carbocycles. The molecule has 0 radical (unpaired) electrons. The second-order valence-electron chi connectivity index (χ2n) is 7.11. The number of hydrogen-bond acceptors (Lipinski definition) is 3. The lowest BCUT2D eigenvalue weighted by Crippen LogP contribution is -2.29. The molecule has 0 spiro atoms. The molecule has 0 bridgehead atoms. The summed E-state index contributed by atoms with van der Waals surface area (Å²) in [5, 5.41) is 0. The summed E-state index contributed by atoms with van der Waals surface area (Å²) in [7, 11) is 2.23. The molecule has 1 atom stereocenters. The standard InChI is InChI=1S/C20H30N4/c1-3-11-24-13-10-21-20(24)17-22(2)14-19-9-12-23(16-19)15-18-7-5-4-6-8-18/h4-8,10,13,19H,3,9,11-12,14-17H2,1-2H3. The van der Waals surface area contributed by atoms with Gasteiger partial charge < -0.3 is 4.57 Å². The average Bonchev–Trinajstić information content (AvgIpc) is 3.19. The molecule has 2 aromatic rings. The predicted octanol–water partition coefficient (Wildman–Crippen LogP) is 3.25. The van der Waals surface area contributed by atoms with Crippen LogP contribution < -0.4 is 0 Å². The van der Waals surface area contributed by atoms with E-state index in [1.54, 1.807) is 0 Å². The first-order valence-electron chi connectivity index (χ1n) is 9.19. The van der Waals surface area contributed by atoms with Gasteiger partial charge in [0.1, 0.15) is 5.82 Å². The van der Waals surface area contributed by atoms with Crippen LogP contribution in [-0.4, -0.2) is 46.0 Å². The van der Waals surface area contributed by atoms with E-state index in [0.717, 1.165) is 38.5 Å². The Bertz CT molecular complexity index is 607. The predicted molar refractivity (Wildman–Crippen MR) is 98.7 cm³/mol. The van der Waals surface area contributed by atoms with Crippen molar-refractivity contribution in [2.45, 2.75) is 39.4 Å². The van der Waals surface area contributed by atoms with E-state index in [2.05, 4.69) is 69.9 Å². The van der Waals surface area contributed by atoms with Crippen LogP contribution in [-0.2, 0) is 19.6 Å². The lowest BCUT2D eigenvalue weighted by Gasteiger charge is -2.22. The third-order valence-electron chi connectivity index (χ3n) is 4.87. The van der Waals surface area contributed by atoms with Gasteiger partial charge in [0.2, 0.25) is 0 Å². The fraction of sp³-hybridized carbons (Fsp3) is 0.550. The number of imidazole rings is 1. The summed E-state index contributed by atoms with van der Waals surface area (Å²) in [6.45, 7) is 8.90. The average molecular weight is 326 g/mol. The molecule has 1 aromatic carbocycles. The monoisotopic (exact) mass is 326 g/mol. The minimum atomic E-state index is 0.772. The van der Waals surface area contributed by atoms with E-state index in [1.165, 1.54) is 30.9 Å². The lowest BCUT2D eigenvalue weighted by molar-refractivity contribution is 0.248. The van der Waals surface area contributed by atoms with E-state index in [4.69, 9.17) is 0 Å². The number of aromatic nitrogens is 2. The highest BCUT2D eigenvalue weighted by Gasteiger charge is 2.23.